The molecule has 1 aliphatic carbocycles. The van der Waals surface area contributed by atoms with Gasteiger partial charge in [-0.05, 0) is 65.8 Å². The third-order valence-corrected chi connectivity index (χ3v) is 6.29. The molecule has 5 rings (SSSR count). The second kappa shape index (κ2) is 7.65. The maximum atomic E-state index is 11.1. The topological polar surface area (TPSA) is 76.0 Å². The fraction of sp³-hybridized carbons (Fsp3) is 0.269. The second-order valence-electron chi connectivity index (χ2n) is 8.32. The molecule has 1 aliphatic heterocycles. The first-order valence-electron chi connectivity index (χ1n) is 10.6. The third-order valence-electron chi connectivity index (χ3n) is 6.29. The zero-order valence-corrected chi connectivity index (χ0v) is 17.3. The van der Waals surface area contributed by atoms with Gasteiger partial charge in [0.2, 0.25) is 0 Å². The van der Waals surface area contributed by atoms with Gasteiger partial charge in [-0.25, -0.2) is 0 Å². The number of ether oxygens (including phenoxy) is 2. The first kappa shape index (κ1) is 19.5. The molecule has 3 aromatic rings. The maximum absolute atomic E-state index is 11.1. The fourth-order valence-corrected chi connectivity index (χ4v) is 4.77. The van der Waals surface area contributed by atoms with Crippen LogP contribution in [0.5, 0.6) is 17.2 Å². The van der Waals surface area contributed by atoms with Crippen LogP contribution in [0.3, 0.4) is 0 Å². The summed E-state index contributed by atoms with van der Waals surface area (Å²) in [5.74, 6) is 0.782. The SMILES string of the molecule is Cc1ccc(O)cc1-c1cccc2c1CC[C@H]2Oc1ccc2c(c1)OCC2CC(=O)O. The van der Waals surface area contributed by atoms with E-state index in [-0.39, 0.29) is 24.2 Å². The molecule has 158 valence electrons. The van der Waals surface area contributed by atoms with Crippen molar-refractivity contribution in [3.63, 3.8) is 0 Å². The normalized spacial score (nSPS) is 18.9. The molecule has 0 fully saturated rings. The molecule has 0 bridgehead atoms. The standard InChI is InChI=1S/C26H24O5/c1-15-5-6-17(27)12-23(15)20-3-2-4-22-21(20)9-10-24(22)31-18-7-8-19-16(11-26(28)29)14-30-25(19)13-18/h2-8,12-13,16,24,27H,9-11,14H2,1H3,(H,28,29)/t16?,24-/m1/s1. The highest BCUT2D eigenvalue weighted by atomic mass is 16.5. The Kier molecular flexibility index (Phi) is 4.81. The zero-order valence-electron chi connectivity index (χ0n) is 17.3. The van der Waals surface area contributed by atoms with Crippen LogP contribution in [0.4, 0.5) is 0 Å². The van der Waals surface area contributed by atoms with E-state index in [9.17, 15) is 9.90 Å². The molecule has 1 unspecified atom stereocenters. The molecule has 0 aromatic heterocycles. The van der Waals surface area contributed by atoms with Gasteiger partial charge in [0.15, 0.2) is 0 Å². The first-order valence-corrected chi connectivity index (χ1v) is 10.6. The summed E-state index contributed by atoms with van der Waals surface area (Å²) in [6.07, 6.45) is 1.80. The largest absolute Gasteiger partial charge is 0.508 e. The predicted molar refractivity (Wildman–Crippen MR) is 117 cm³/mol. The number of carboxylic acids is 1. The minimum absolute atomic E-state index is 0.0539. The number of hydrogen-bond acceptors (Lipinski definition) is 4. The Morgan fingerprint density at radius 3 is 2.81 bits per heavy atom. The molecule has 2 aliphatic rings. The minimum atomic E-state index is -0.817. The number of hydrogen-bond donors (Lipinski definition) is 2. The van der Waals surface area contributed by atoms with E-state index in [0.717, 1.165) is 40.8 Å². The average Bonchev–Trinajstić information content (AvgIpc) is 3.33. The van der Waals surface area contributed by atoms with Crippen LogP contribution in [0.1, 0.15) is 47.1 Å². The van der Waals surface area contributed by atoms with Crippen molar-refractivity contribution in [3.8, 4) is 28.4 Å². The van der Waals surface area contributed by atoms with Crippen molar-refractivity contribution in [1.29, 1.82) is 0 Å². The van der Waals surface area contributed by atoms with Crippen molar-refractivity contribution in [2.45, 2.75) is 38.2 Å². The molecule has 2 atom stereocenters. The Hall–Kier alpha value is -3.47. The van der Waals surface area contributed by atoms with Crippen LogP contribution in [0.2, 0.25) is 0 Å². The van der Waals surface area contributed by atoms with Crippen LogP contribution in [-0.4, -0.2) is 22.8 Å². The number of aliphatic carboxylic acids is 1. The van der Waals surface area contributed by atoms with Gasteiger partial charge in [0.05, 0.1) is 13.0 Å². The van der Waals surface area contributed by atoms with Gasteiger partial charge in [0.1, 0.15) is 23.4 Å². The summed E-state index contributed by atoms with van der Waals surface area (Å²) in [5, 5.41) is 19.0. The Labute approximate surface area is 180 Å². The molecular formula is C26H24O5. The number of carbonyl (C=O) groups is 1. The highest BCUT2D eigenvalue weighted by Crippen LogP contribution is 2.43. The maximum Gasteiger partial charge on any atom is 0.304 e. The van der Waals surface area contributed by atoms with E-state index in [0.29, 0.717) is 12.4 Å². The lowest BCUT2D eigenvalue weighted by Crippen LogP contribution is -2.07. The van der Waals surface area contributed by atoms with Gasteiger partial charge in [-0.3, -0.25) is 4.79 Å². The predicted octanol–water partition coefficient (Wildman–Crippen LogP) is 5.38. The van der Waals surface area contributed by atoms with Crippen LogP contribution in [0.15, 0.2) is 54.6 Å². The van der Waals surface area contributed by atoms with E-state index in [1.54, 1.807) is 6.07 Å². The smallest absolute Gasteiger partial charge is 0.304 e. The van der Waals surface area contributed by atoms with Crippen LogP contribution < -0.4 is 9.47 Å². The monoisotopic (exact) mass is 416 g/mol. The number of rotatable bonds is 5. The van der Waals surface area contributed by atoms with Crippen molar-refractivity contribution in [2.24, 2.45) is 0 Å². The van der Waals surface area contributed by atoms with Crippen LogP contribution in [-0.2, 0) is 11.2 Å². The number of aromatic hydroxyl groups is 1. The Morgan fingerprint density at radius 2 is 1.97 bits per heavy atom. The summed E-state index contributed by atoms with van der Waals surface area (Å²) in [7, 11) is 0. The van der Waals surface area contributed by atoms with E-state index in [1.165, 1.54) is 11.1 Å². The highest BCUT2D eigenvalue weighted by molar-refractivity contribution is 5.74. The van der Waals surface area contributed by atoms with Gasteiger partial charge in [-0.1, -0.05) is 30.3 Å². The Balaban J connectivity index is 1.41. The molecule has 1 heterocycles. The number of benzene rings is 3. The zero-order chi connectivity index (χ0) is 21.5. The summed E-state index contributed by atoms with van der Waals surface area (Å²) in [6, 6.07) is 17.4. The number of phenolic OH excluding ortho intramolecular Hbond substituents is 1. The Morgan fingerprint density at radius 1 is 1.10 bits per heavy atom. The lowest BCUT2D eigenvalue weighted by molar-refractivity contribution is -0.137. The lowest BCUT2D eigenvalue weighted by Gasteiger charge is -2.17. The quantitative estimate of drug-likeness (QED) is 0.584. The van der Waals surface area contributed by atoms with Crippen LogP contribution in [0.25, 0.3) is 11.1 Å². The highest BCUT2D eigenvalue weighted by Gasteiger charge is 2.29. The molecule has 0 radical (unpaired) electrons. The number of carboxylic acid groups (broad SMARTS) is 1. The van der Waals surface area contributed by atoms with Crippen molar-refractivity contribution in [3.05, 3.63) is 76.9 Å². The number of fused-ring (bicyclic) bond motifs is 2. The molecule has 5 nitrogen and oxygen atoms in total. The van der Waals surface area contributed by atoms with Gasteiger partial charge in [0.25, 0.3) is 0 Å². The summed E-state index contributed by atoms with van der Waals surface area (Å²) in [6.45, 7) is 2.45. The summed E-state index contributed by atoms with van der Waals surface area (Å²) >= 11 is 0. The molecule has 0 saturated heterocycles. The summed E-state index contributed by atoms with van der Waals surface area (Å²) < 4.78 is 12.1. The molecular weight excluding hydrogens is 392 g/mol. The average molecular weight is 416 g/mol. The number of phenols is 1. The van der Waals surface area contributed by atoms with Crippen molar-refractivity contribution in [2.75, 3.05) is 6.61 Å². The summed E-state index contributed by atoms with van der Waals surface area (Å²) in [4.78, 5) is 11.1. The molecule has 0 amide bonds. The van der Waals surface area contributed by atoms with E-state index < -0.39 is 5.97 Å². The fourth-order valence-electron chi connectivity index (χ4n) is 4.77. The van der Waals surface area contributed by atoms with Crippen LogP contribution in [0, 0.1) is 6.92 Å². The Bertz CT molecular complexity index is 1170. The van der Waals surface area contributed by atoms with E-state index in [1.807, 2.05) is 36.4 Å². The molecule has 5 heteroatoms. The molecule has 2 N–H and O–H groups in total. The minimum Gasteiger partial charge on any atom is -0.508 e. The van der Waals surface area contributed by atoms with Crippen LogP contribution >= 0.6 is 0 Å². The van der Waals surface area contributed by atoms with Gasteiger partial charge < -0.3 is 19.7 Å². The van der Waals surface area contributed by atoms with Crippen molar-refractivity contribution < 1.29 is 24.5 Å². The summed E-state index contributed by atoms with van der Waals surface area (Å²) in [5.41, 5.74) is 6.69. The molecule has 0 saturated carbocycles. The number of aryl methyl sites for hydroxylation is 1. The van der Waals surface area contributed by atoms with E-state index >= 15 is 0 Å². The second-order valence-corrected chi connectivity index (χ2v) is 8.32. The van der Waals surface area contributed by atoms with Gasteiger partial charge in [-0.2, -0.15) is 0 Å². The van der Waals surface area contributed by atoms with Gasteiger partial charge in [-0.15, -0.1) is 0 Å². The molecule has 31 heavy (non-hydrogen) atoms. The van der Waals surface area contributed by atoms with Gasteiger partial charge >= 0.3 is 5.97 Å². The van der Waals surface area contributed by atoms with Crippen molar-refractivity contribution in [1.82, 2.24) is 0 Å². The molecule has 0 spiro atoms. The van der Waals surface area contributed by atoms with Crippen molar-refractivity contribution >= 4 is 5.97 Å². The lowest BCUT2D eigenvalue weighted by atomic mass is 9.93. The molecule has 3 aromatic carbocycles. The third kappa shape index (κ3) is 3.61. The van der Waals surface area contributed by atoms with E-state index in [4.69, 9.17) is 14.6 Å². The van der Waals surface area contributed by atoms with E-state index in [2.05, 4.69) is 19.1 Å². The first-order chi connectivity index (χ1) is 15.0. The van der Waals surface area contributed by atoms with Gasteiger partial charge in [0, 0.05) is 17.5 Å².